The summed E-state index contributed by atoms with van der Waals surface area (Å²) >= 11 is 0. The lowest BCUT2D eigenvalue weighted by molar-refractivity contribution is 0.0816. The van der Waals surface area contributed by atoms with Gasteiger partial charge in [0.2, 0.25) is 0 Å². The van der Waals surface area contributed by atoms with Gasteiger partial charge in [-0.05, 0) is 56.1 Å². The molecule has 4 rings (SSSR count). The van der Waals surface area contributed by atoms with Crippen molar-refractivity contribution >= 4 is 29.1 Å². The second-order valence-electron chi connectivity index (χ2n) is 6.95. The molecule has 3 nitrogen and oxygen atoms in total. The monoisotopic (exact) mass is 354 g/mol. The molecule has 2 heterocycles. The summed E-state index contributed by atoms with van der Waals surface area (Å²) in [5, 5.41) is 4.51. The molecule has 130 valence electrons. The van der Waals surface area contributed by atoms with Crippen LogP contribution in [0.25, 0.3) is 10.9 Å². The molecule has 4 heteroatoms. The van der Waals surface area contributed by atoms with Gasteiger partial charge in [0.1, 0.15) is 0 Å². The quantitative estimate of drug-likeness (QED) is 0.686. The van der Waals surface area contributed by atoms with Crippen LogP contribution in [0, 0.1) is 12.3 Å². The first-order valence-electron chi connectivity index (χ1n) is 8.55. The summed E-state index contributed by atoms with van der Waals surface area (Å²) in [7, 11) is 0. The van der Waals surface area contributed by atoms with Crippen LogP contribution in [-0.4, -0.2) is 23.9 Å². The number of fused-ring (bicyclic) bond motifs is 1. The lowest BCUT2D eigenvalue weighted by atomic mass is 9.74. The molecule has 1 atom stereocenters. The number of rotatable bonds is 4. The molecule has 25 heavy (non-hydrogen) atoms. The van der Waals surface area contributed by atoms with Crippen molar-refractivity contribution < 1.29 is 4.79 Å². The van der Waals surface area contributed by atoms with Crippen molar-refractivity contribution in [3.63, 3.8) is 0 Å². The predicted octanol–water partition coefficient (Wildman–Crippen LogP) is 4.30. The van der Waals surface area contributed by atoms with Crippen molar-refractivity contribution in [2.24, 2.45) is 5.41 Å². The number of aromatic nitrogens is 1. The van der Waals surface area contributed by atoms with Gasteiger partial charge in [-0.1, -0.05) is 30.3 Å². The second-order valence-corrected chi connectivity index (χ2v) is 6.95. The first-order chi connectivity index (χ1) is 11.7. The van der Waals surface area contributed by atoms with Gasteiger partial charge in [-0.25, -0.2) is 0 Å². The Morgan fingerprint density at radius 3 is 2.64 bits per heavy atom. The summed E-state index contributed by atoms with van der Waals surface area (Å²) in [5.41, 5.74) is 3.93. The summed E-state index contributed by atoms with van der Waals surface area (Å²) in [4.78, 5) is 16.7. The van der Waals surface area contributed by atoms with E-state index < -0.39 is 0 Å². The number of carbonyl (C=O) groups excluding carboxylic acids is 1. The molecule has 1 unspecified atom stereocenters. The highest BCUT2D eigenvalue weighted by Gasteiger charge is 2.41. The van der Waals surface area contributed by atoms with Crippen molar-refractivity contribution in [3.8, 4) is 0 Å². The predicted molar refractivity (Wildman–Crippen MR) is 105 cm³/mol. The molecule has 1 aliphatic heterocycles. The van der Waals surface area contributed by atoms with E-state index in [1.54, 1.807) is 0 Å². The maximum atomic E-state index is 13.4. The average Bonchev–Trinajstić information content (AvgIpc) is 3.20. The highest BCUT2D eigenvalue weighted by Crippen LogP contribution is 2.34. The minimum absolute atomic E-state index is 0. The van der Waals surface area contributed by atoms with Gasteiger partial charge in [-0.2, -0.15) is 0 Å². The normalized spacial score (nSPS) is 19.7. The Kier molecular flexibility index (Phi) is 4.98. The Balaban J connectivity index is 0.00000182. The Morgan fingerprint density at radius 1 is 1.12 bits per heavy atom. The van der Waals surface area contributed by atoms with Gasteiger partial charge in [0.05, 0.1) is 5.41 Å². The lowest BCUT2D eigenvalue weighted by Gasteiger charge is -2.27. The fraction of sp³-hybridized carbons (Fsp3) is 0.286. The number of benzene rings is 2. The van der Waals surface area contributed by atoms with Crippen LogP contribution in [-0.2, 0) is 6.42 Å². The van der Waals surface area contributed by atoms with Crippen LogP contribution >= 0.6 is 12.4 Å². The molecule has 1 aromatic heterocycles. The van der Waals surface area contributed by atoms with E-state index in [2.05, 4.69) is 28.5 Å². The van der Waals surface area contributed by atoms with Crippen LogP contribution in [0.3, 0.4) is 0 Å². The summed E-state index contributed by atoms with van der Waals surface area (Å²) in [6.45, 7) is 3.70. The zero-order valence-electron chi connectivity index (χ0n) is 14.3. The number of aryl methyl sites for hydroxylation is 1. The highest BCUT2D eigenvalue weighted by atomic mass is 35.5. The van der Waals surface area contributed by atoms with Crippen LogP contribution in [0.2, 0.25) is 0 Å². The number of H-pyrrole nitrogens is 1. The molecule has 0 radical (unpaired) electrons. The van der Waals surface area contributed by atoms with E-state index in [0.717, 1.165) is 48.1 Å². The molecule has 1 saturated heterocycles. The summed E-state index contributed by atoms with van der Waals surface area (Å²) in [6, 6.07) is 18.5. The van der Waals surface area contributed by atoms with E-state index in [1.165, 1.54) is 5.56 Å². The standard InChI is InChI=1S/C21H22N2O.ClH/c1-15-11-18-12-17(7-8-19(18)23-15)20(24)21(9-10-22-14-21)13-16-5-3-2-4-6-16;/h2-8,11-12,22-23H,9-10,13-14H2,1H3;1H. The van der Waals surface area contributed by atoms with Gasteiger partial charge >= 0.3 is 0 Å². The lowest BCUT2D eigenvalue weighted by Crippen LogP contribution is -2.35. The van der Waals surface area contributed by atoms with Crippen LogP contribution in [0.4, 0.5) is 0 Å². The van der Waals surface area contributed by atoms with Crippen molar-refractivity contribution in [2.75, 3.05) is 13.1 Å². The first-order valence-corrected chi connectivity index (χ1v) is 8.55. The molecule has 0 saturated carbocycles. The van der Waals surface area contributed by atoms with Crippen LogP contribution in [0.15, 0.2) is 54.6 Å². The van der Waals surface area contributed by atoms with Crippen LogP contribution in [0.5, 0.6) is 0 Å². The average molecular weight is 355 g/mol. The smallest absolute Gasteiger partial charge is 0.170 e. The molecule has 1 fully saturated rings. The van der Waals surface area contributed by atoms with Crippen molar-refractivity contribution in [1.82, 2.24) is 10.3 Å². The van der Waals surface area contributed by atoms with E-state index in [4.69, 9.17) is 0 Å². The third kappa shape index (κ3) is 3.35. The highest BCUT2D eigenvalue weighted by molar-refractivity contribution is 6.03. The Hall–Kier alpha value is -2.10. The molecule has 0 spiro atoms. The van der Waals surface area contributed by atoms with Crippen molar-refractivity contribution in [1.29, 1.82) is 0 Å². The van der Waals surface area contributed by atoms with Gasteiger partial charge < -0.3 is 10.3 Å². The first kappa shape index (κ1) is 17.7. The number of hydrogen-bond acceptors (Lipinski definition) is 2. The number of halogens is 1. The van der Waals surface area contributed by atoms with E-state index >= 15 is 0 Å². The number of hydrogen-bond donors (Lipinski definition) is 2. The Bertz CT molecular complexity index is 879. The van der Waals surface area contributed by atoms with E-state index in [1.807, 2.05) is 43.3 Å². The van der Waals surface area contributed by atoms with Gasteiger partial charge in [0.25, 0.3) is 0 Å². The summed E-state index contributed by atoms with van der Waals surface area (Å²) in [6.07, 6.45) is 1.69. The molecule has 0 amide bonds. The fourth-order valence-electron chi connectivity index (χ4n) is 3.88. The van der Waals surface area contributed by atoms with Gasteiger partial charge in [-0.3, -0.25) is 4.79 Å². The Morgan fingerprint density at radius 2 is 1.92 bits per heavy atom. The minimum Gasteiger partial charge on any atom is -0.359 e. The molecule has 3 aromatic rings. The molecule has 2 aromatic carbocycles. The topological polar surface area (TPSA) is 44.9 Å². The zero-order chi connectivity index (χ0) is 16.6. The third-order valence-corrected chi connectivity index (χ3v) is 5.13. The van der Waals surface area contributed by atoms with E-state index in [0.29, 0.717) is 0 Å². The summed E-state index contributed by atoms with van der Waals surface area (Å²) < 4.78 is 0. The molecule has 0 bridgehead atoms. The molecular weight excluding hydrogens is 332 g/mol. The number of ketones is 1. The van der Waals surface area contributed by atoms with Crippen molar-refractivity contribution in [2.45, 2.75) is 19.8 Å². The van der Waals surface area contributed by atoms with Gasteiger partial charge in [0, 0.05) is 28.7 Å². The third-order valence-electron chi connectivity index (χ3n) is 5.13. The molecule has 0 aliphatic carbocycles. The minimum atomic E-state index is -0.333. The Labute approximate surface area is 154 Å². The number of aromatic amines is 1. The zero-order valence-corrected chi connectivity index (χ0v) is 15.2. The summed E-state index contributed by atoms with van der Waals surface area (Å²) in [5.74, 6) is 0.261. The molecular formula is C21H23ClN2O. The van der Waals surface area contributed by atoms with Crippen molar-refractivity contribution in [3.05, 3.63) is 71.4 Å². The number of nitrogens with one attached hydrogen (secondary N) is 2. The van der Waals surface area contributed by atoms with E-state index in [9.17, 15) is 4.79 Å². The molecule has 2 N–H and O–H groups in total. The fourth-order valence-corrected chi connectivity index (χ4v) is 3.88. The SMILES string of the molecule is Cc1cc2cc(C(=O)C3(Cc4ccccc4)CCNC3)ccc2[nH]1.Cl. The largest absolute Gasteiger partial charge is 0.359 e. The second kappa shape index (κ2) is 7.03. The van der Waals surface area contributed by atoms with Gasteiger partial charge in [-0.15, -0.1) is 12.4 Å². The van der Waals surface area contributed by atoms with Crippen LogP contribution < -0.4 is 5.32 Å². The number of Topliss-reactive ketones (excluding diaryl/α,β-unsaturated/α-hetero) is 1. The van der Waals surface area contributed by atoms with Gasteiger partial charge in [0.15, 0.2) is 5.78 Å². The maximum Gasteiger partial charge on any atom is 0.170 e. The molecule has 1 aliphatic rings. The van der Waals surface area contributed by atoms with Crippen LogP contribution in [0.1, 0.15) is 28.0 Å². The van der Waals surface area contributed by atoms with E-state index in [-0.39, 0.29) is 23.6 Å². The maximum absolute atomic E-state index is 13.4. The number of carbonyl (C=O) groups is 1.